The Bertz CT molecular complexity index is 565. The van der Waals surface area contributed by atoms with Crippen LogP contribution in [0.1, 0.15) is 5.56 Å². The van der Waals surface area contributed by atoms with E-state index in [0.717, 1.165) is 11.0 Å². The van der Waals surface area contributed by atoms with Crippen LogP contribution in [0, 0.1) is 12.7 Å². The van der Waals surface area contributed by atoms with Crippen LogP contribution < -0.4 is 10.2 Å². The molecule has 1 heterocycles. The van der Waals surface area contributed by atoms with Crippen LogP contribution >= 0.6 is 24.4 Å². The number of nitrogens with one attached hydrogen (secondary N) is 1. The summed E-state index contributed by atoms with van der Waals surface area (Å²) in [6.45, 7) is 1.53. The Morgan fingerprint density at radius 1 is 1.48 bits per heavy atom. The summed E-state index contributed by atoms with van der Waals surface area (Å²) in [5, 5.41) is 2.72. The van der Waals surface area contributed by atoms with Crippen LogP contribution in [0.25, 0.3) is 0 Å². The smallest absolute Gasteiger partial charge is 0.283 e. The minimum absolute atomic E-state index is 0.00646. The molecule has 0 bridgehead atoms. The zero-order valence-electron chi connectivity index (χ0n) is 10.9. The van der Waals surface area contributed by atoms with E-state index < -0.39 is 23.2 Å². The molecule has 1 aromatic rings. The van der Waals surface area contributed by atoms with Gasteiger partial charge < -0.3 is 0 Å². The number of benzene rings is 1. The summed E-state index contributed by atoms with van der Waals surface area (Å²) in [6, 6.07) is 2.38. The molecule has 1 unspecified atom stereocenters. The quantitative estimate of drug-likeness (QED) is 0.504. The van der Waals surface area contributed by atoms with E-state index in [1.165, 1.54) is 13.0 Å². The van der Waals surface area contributed by atoms with Crippen molar-refractivity contribution < 1.29 is 22.4 Å². The number of carbonyl (C=O) groups excluding carboxylic acids is 1. The van der Waals surface area contributed by atoms with Crippen LogP contribution in [0.2, 0.25) is 0 Å². The summed E-state index contributed by atoms with van der Waals surface area (Å²) < 4.78 is 50.9. The summed E-state index contributed by atoms with van der Waals surface area (Å²) >= 11 is 4.67. The molecule has 0 aromatic heterocycles. The lowest BCUT2D eigenvalue weighted by Gasteiger charge is -2.22. The minimum atomic E-state index is -4.32. The van der Waals surface area contributed by atoms with Crippen molar-refractivity contribution in [1.29, 1.82) is 0 Å². The molecule has 0 spiro atoms. The van der Waals surface area contributed by atoms with Gasteiger partial charge in [0.15, 0.2) is 0 Å². The molecule has 3 nitrogen and oxygen atoms in total. The molecule has 0 radical (unpaired) electrons. The van der Waals surface area contributed by atoms with Gasteiger partial charge in [-0.15, -0.1) is 24.4 Å². The fourth-order valence-electron chi connectivity index (χ4n) is 1.90. The maximum atomic E-state index is 14.0. The molecular weight excluding hydrogens is 328 g/mol. The number of hydrogen-bond acceptors (Lipinski definition) is 4. The molecule has 1 atom stereocenters. The molecule has 0 saturated carbocycles. The highest BCUT2D eigenvalue weighted by molar-refractivity contribution is 7.99. The third-order valence-electron chi connectivity index (χ3n) is 2.84. The second kappa shape index (κ2) is 6.05. The molecule has 1 aliphatic rings. The Labute approximate surface area is 128 Å². The average Bonchev–Trinajstić information content (AvgIpc) is 2.68. The van der Waals surface area contributed by atoms with Crippen molar-refractivity contribution in [2.24, 2.45) is 0 Å². The number of anilines is 1. The number of rotatable bonds is 3. The number of halogens is 4. The molecule has 1 aliphatic heterocycles. The summed E-state index contributed by atoms with van der Waals surface area (Å²) in [7, 11) is 0. The molecule has 116 valence electrons. The van der Waals surface area contributed by atoms with Gasteiger partial charge in [-0.05, 0) is 24.6 Å². The Morgan fingerprint density at radius 3 is 2.67 bits per heavy atom. The topological polar surface area (TPSA) is 32.3 Å². The Hall–Kier alpha value is -0.930. The van der Waals surface area contributed by atoms with E-state index >= 15 is 0 Å². The van der Waals surface area contributed by atoms with Crippen LogP contribution in [0.15, 0.2) is 17.0 Å². The summed E-state index contributed by atoms with van der Waals surface area (Å²) in [5.74, 6) is -2.13. The zero-order valence-corrected chi connectivity index (χ0v) is 12.6. The van der Waals surface area contributed by atoms with Gasteiger partial charge in [0.05, 0.1) is 18.0 Å². The van der Waals surface area contributed by atoms with Crippen LogP contribution in [0.5, 0.6) is 0 Å². The standard InChI is InChI=1S/C12H12F4N2OS2/c1-6-2-7(13)8(18-10(19)4-17-11(18)20)3-9(6)21-5-12(14,15)16/h2-3,11,17,20H,4-5H2,1H3. The summed E-state index contributed by atoms with van der Waals surface area (Å²) in [4.78, 5) is 13.1. The number of amides is 1. The van der Waals surface area contributed by atoms with Crippen molar-refractivity contribution in [2.45, 2.75) is 23.5 Å². The minimum Gasteiger partial charge on any atom is -0.283 e. The summed E-state index contributed by atoms with van der Waals surface area (Å²) in [5.41, 5.74) is -0.378. The number of carbonyl (C=O) groups is 1. The maximum absolute atomic E-state index is 14.0. The Balaban J connectivity index is 2.32. The first-order valence-corrected chi connectivity index (χ1v) is 7.42. The molecule has 1 saturated heterocycles. The predicted molar refractivity (Wildman–Crippen MR) is 76.2 cm³/mol. The molecule has 21 heavy (non-hydrogen) atoms. The second-order valence-corrected chi connectivity index (χ2v) is 6.00. The molecule has 9 heteroatoms. The number of aryl methyl sites for hydroxylation is 1. The molecular formula is C12H12F4N2OS2. The first-order chi connectivity index (χ1) is 9.69. The van der Waals surface area contributed by atoms with Gasteiger partial charge in [-0.3, -0.25) is 15.0 Å². The van der Waals surface area contributed by atoms with E-state index in [2.05, 4.69) is 17.9 Å². The normalized spacial score (nSPS) is 19.4. The van der Waals surface area contributed by atoms with E-state index in [1.807, 2.05) is 0 Å². The largest absolute Gasteiger partial charge is 0.398 e. The van der Waals surface area contributed by atoms with E-state index in [4.69, 9.17) is 0 Å². The summed E-state index contributed by atoms with van der Waals surface area (Å²) in [6.07, 6.45) is -4.32. The van der Waals surface area contributed by atoms with Crippen molar-refractivity contribution in [2.75, 3.05) is 17.2 Å². The third-order valence-corrected chi connectivity index (χ3v) is 4.48. The van der Waals surface area contributed by atoms with Crippen LogP contribution in [0.4, 0.5) is 23.2 Å². The fourth-order valence-corrected chi connectivity index (χ4v) is 3.04. The Morgan fingerprint density at radius 2 is 2.14 bits per heavy atom. The zero-order chi connectivity index (χ0) is 15.8. The van der Waals surface area contributed by atoms with Crippen molar-refractivity contribution in [1.82, 2.24) is 5.32 Å². The highest BCUT2D eigenvalue weighted by atomic mass is 32.2. The first-order valence-electron chi connectivity index (χ1n) is 5.92. The number of hydrogen-bond donors (Lipinski definition) is 2. The number of alkyl halides is 3. The van der Waals surface area contributed by atoms with E-state index in [0.29, 0.717) is 17.3 Å². The number of thioether (sulfide) groups is 1. The second-order valence-electron chi connectivity index (χ2n) is 4.49. The van der Waals surface area contributed by atoms with Gasteiger partial charge in [0.25, 0.3) is 0 Å². The van der Waals surface area contributed by atoms with Gasteiger partial charge in [0.2, 0.25) is 5.91 Å². The Kier molecular flexibility index (Phi) is 4.74. The monoisotopic (exact) mass is 340 g/mol. The molecule has 1 aromatic carbocycles. The van der Waals surface area contributed by atoms with Gasteiger partial charge in [0.1, 0.15) is 11.3 Å². The van der Waals surface area contributed by atoms with Gasteiger partial charge in [-0.1, -0.05) is 0 Å². The van der Waals surface area contributed by atoms with E-state index in [1.54, 1.807) is 0 Å². The van der Waals surface area contributed by atoms with Gasteiger partial charge in [0, 0.05) is 4.90 Å². The van der Waals surface area contributed by atoms with Crippen molar-refractivity contribution >= 4 is 36.0 Å². The van der Waals surface area contributed by atoms with Gasteiger partial charge in [-0.2, -0.15) is 13.2 Å². The maximum Gasteiger partial charge on any atom is 0.398 e. The molecule has 1 N–H and O–H groups in total. The van der Waals surface area contributed by atoms with Crippen LogP contribution in [-0.2, 0) is 4.79 Å². The number of nitrogens with zero attached hydrogens (tertiary/aromatic N) is 1. The van der Waals surface area contributed by atoms with Crippen LogP contribution in [0.3, 0.4) is 0 Å². The average molecular weight is 340 g/mol. The molecule has 1 fully saturated rings. The predicted octanol–water partition coefficient (Wildman–Crippen LogP) is 2.94. The lowest BCUT2D eigenvalue weighted by Crippen LogP contribution is -2.33. The van der Waals surface area contributed by atoms with Crippen molar-refractivity contribution in [3.63, 3.8) is 0 Å². The van der Waals surface area contributed by atoms with Crippen LogP contribution in [-0.4, -0.2) is 29.9 Å². The highest BCUT2D eigenvalue weighted by Crippen LogP contribution is 2.35. The van der Waals surface area contributed by atoms with E-state index in [9.17, 15) is 22.4 Å². The van der Waals surface area contributed by atoms with Gasteiger partial charge >= 0.3 is 6.18 Å². The molecule has 2 rings (SSSR count). The fraction of sp³-hybridized carbons (Fsp3) is 0.417. The molecule has 0 aliphatic carbocycles. The lowest BCUT2D eigenvalue weighted by molar-refractivity contribution is -0.116. The van der Waals surface area contributed by atoms with E-state index in [-0.39, 0.29) is 23.0 Å². The van der Waals surface area contributed by atoms with Crippen molar-refractivity contribution in [3.8, 4) is 0 Å². The first kappa shape index (κ1) is 16.4. The van der Waals surface area contributed by atoms with Crippen molar-refractivity contribution in [3.05, 3.63) is 23.5 Å². The van der Waals surface area contributed by atoms with Gasteiger partial charge in [-0.25, -0.2) is 4.39 Å². The SMILES string of the molecule is Cc1cc(F)c(N2C(=O)CNC2S)cc1SCC(F)(F)F. The lowest BCUT2D eigenvalue weighted by atomic mass is 10.2. The molecule has 1 amide bonds. The highest BCUT2D eigenvalue weighted by Gasteiger charge is 2.32. The third kappa shape index (κ3) is 3.83. The number of thiol groups is 1.